The van der Waals surface area contributed by atoms with Crippen LogP contribution in [0.3, 0.4) is 0 Å². The minimum atomic E-state index is 0.0454. The van der Waals surface area contributed by atoms with Crippen LogP contribution < -0.4 is 5.32 Å². The zero-order valence-corrected chi connectivity index (χ0v) is 8.71. The molecule has 1 aliphatic heterocycles. The average Bonchev–Trinajstić information content (AvgIpc) is 3.07. The van der Waals surface area contributed by atoms with Gasteiger partial charge in [0.25, 0.3) is 0 Å². The van der Waals surface area contributed by atoms with Crippen molar-refractivity contribution in [3.8, 4) is 0 Å². The first kappa shape index (κ1) is 9.13. The van der Waals surface area contributed by atoms with Crippen LogP contribution in [0, 0.1) is 0 Å². The van der Waals surface area contributed by atoms with Crippen LogP contribution in [0.2, 0.25) is 0 Å². The second kappa shape index (κ2) is 3.19. The molecule has 2 saturated carbocycles. The van der Waals surface area contributed by atoms with Crippen LogP contribution in [0.25, 0.3) is 0 Å². The molecule has 0 aromatic rings. The summed E-state index contributed by atoms with van der Waals surface area (Å²) in [5.41, 5.74) is 0.0454. The van der Waals surface area contributed by atoms with Gasteiger partial charge < -0.3 is 10.4 Å². The van der Waals surface area contributed by atoms with Gasteiger partial charge in [-0.3, -0.25) is 4.90 Å². The Morgan fingerprint density at radius 3 is 2.64 bits per heavy atom. The predicted molar refractivity (Wildman–Crippen MR) is 55.2 cm³/mol. The highest BCUT2D eigenvalue weighted by Crippen LogP contribution is 2.35. The van der Waals surface area contributed by atoms with Crippen LogP contribution >= 0.6 is 0 Å². The Bertz CT molecular complexity index is 225. The Morgan fingerprint density at radius 2 is 2.07 bits per heavy atom. The molecule has 3 aliphatic rings. The van der Waals surface area contributed by atoms with Gasteiger partial charge in [0.1, 0.15) is 0 Å². The fraction of sp³-hybridized carbons (Fsp3) is 1.00. The first-order valence-corrected chi connectivity index (χ1v) is 5.94. The van der Waals surface area contributed by atoms with Gasteiger partial charge >= 0.3 is 0 Å². The second-order valence-electron chi connectivity index (χ2n) is 5.31. The Labute approximate surface area is 85.5 Å². The van der Waals surface area contributed by atoms with E-state index in [1.165, 1.54) is 32.2 Å². The van der Waals surface area contributed by atoms with Gasteiger partial charge in [0.05, 0.1) is 12.1 Å². The molecule has 0 bridgehead atoms. The third-order valence-electron chi connectivity index (χ3n) is 3.84. The molecular weight excluding hydrogens is 176 g/mol. The number of nitrogens with one attached hydrogen (secondary N) is 1. The SMILES string of the molecule is OCC1(NC2CC2)CCN(C2CC2)C1. The van der Waals surface area contributed by atoms with E-state index in [1.54, 1.807) is 0 Å². The molecule has 3 rings (SSSR count). The van der Waals surface area contributed by atoms with Gasteiger partial charge in [-0.05, 0) is 32.1 Å². The van der Waals surface area contributed by atoms with Crippen molar-refractivity contribution < 1.29 is 5.11 Å². The van der Waals surface area contributed by atoms with Crippen molar-refractivity contribution >= 4 is 0 Å². The second-order valence-corrected chi connectivity index (χ2v) is 5.31. The van der Waals surface area contributed by atoms with Crippen LogP contribution in [-0.4, -0.2) is 47.3 Å². The van der Waals surface area contributed by atoms with Crippen LogP contribution in [0.5, 0.6) is 0 Å². The molecule has 0 aromatic carbocycles. The summed E-state index contributed by atoms with van der Waals surface area (Å²) in [6.07, 6.45) is 6.52. The molecule has 0 radical (unpaired) electrons. The van der Waals surface area contributed by atoms with Crippen molar-refractivity contribution in [1.82, 2.24) is 10.2 Å². The Morgan fingerprint density at radius 1 is 1.29 bits per heavy atom. The predicted octanol–water partition coefficient (Wildman–Crippen LogP) is 0.338. The fourth-order valence-electron chi connectivity index (χ4n) is 2.61. The van der Waals surface area contributed by atoms with E-state index in [0.29, 0.717) is 12.6 Å². The Hall–Kier alpha value is -0.120. The first-order valence-electron chi connectivity index (χ1n) is 5.94. The lowest BCUT2D eigenvalue weighted by molar-refractivity contribution is 0.157. The molecule has 0 amide bonds. The van der Waals surface area contributed by atoms with Crippen molar-refractivity contribution in [2.45, 2.75) is 49.7 Å². The van der Waals surface area contributed by atoms with Gasteiger partial charge in [-0.2, -0.15) is 0 Å². The van der Waals surface area contributed by atoms with E-state index in [1.807, 2.05) is 0 Å². The number of rotatable bonds is 4. The number of aliphatic hydroxyl groups excluding tert-OH is 1. The largest absolute Gasteiger partial charge is 0.394 e. The highest BCUT2D eigenvalue weighted by atomic mass is 16.3. The summed E-state index contributed by atoms with van der Waals surface area (Å²) in [4.78, 5) is 2.56. The highest BCUT2D eigenvalue weighted by Gasteiger charge is 2.44. The third kappa shape index (κ3) is 1.69. The Kier molecular flexibility index (Phi) is 2.08. The molecule has 1 heterocycles. The summed E-state index contributed by atoms with van der Waals surface area (Å²) in [7, 11) is 0. The van der Waals surface area contributed by atoms with E-state index in [2.05, 4.69) is 10.2 Å². The molecular formula is C11H20N2O. The van der Waals surface area contributed by atoms with E-state index >= 15 is 0 Å². The molecule has 1 atom stereocenters. The van der Waals surface area contributed by atoms with E-state index in [9.17, 15) is 5.11 Å². The van der Waals surface area contributed by atoms with Gasteiger partial charge in [-0.1, -0.05) is 0 Å². The molecule has 0 aromatic heterocycles. The number of nitrogens with zero attached hydrogens (tertiary/aromatic N) is 1. The highest BCUT2D eigenvalue weighted by molar-refractivity contribution is 5.04. The van der Waals surface area contributed by atoms with Gasteiger partial charge in [-0.25, -0.2) is 0 Å². The van der Waals surface area contributed by atoms with Crippen LogP contribution in [0.1, 0.15) is 32.1 Å². The van der Waals surface area contributed by atoms with Gasteiger partial charge in [0.2, 0.25) is 0 Å². The zero-order chi connectivity index (χ0) is 9.60. The first-order chi connectivity index (χ1) is 6.81. The maximum Gasteiger partial charge on any atom is 0.0626 e. The Balaban J connectivity index is 1.62. The van der Waals surface area contributed by atoms with E-state index in [0.717, 1.165) is 19.0 Å². The zero-order valence-electron chi connectivity index (χ0n) is 8.71. The molecule has 1 saturated heterocycles. The average molecular weight is 196 g/mol. The summed E-state index contributed by atoms with van der Waals surface area (Å²) in [6.45, 7) is 2.57. The number of likely N-dealkylation sites (tertiary alicyclic amines) is 1. The molecule has 2 aliphatic carbocycles. The van der Waals surface area contributed by atoms with Crippen molar-refractivity contribution in [2.75, 3.05) is 19.7 Å². The lowest BCUT2D eigenvalue weighted by Crippen LogP contribution is -2.51. The van der Waals surface area contributed by atoms with Crippen LogP contribution in [0.4, 0.5) is 0 Å². The van der Waals surface area contributed by atoms with Crippen molar-refractivity contribution in [2.24, 2.45) is 0 Å². The van der Waals surface area contributed by atoms with E-state index in [-0.39, 0.29) is 5.54 Å². The van der Waals surface area contributed by atoms with E-state index in [4.69, 9.17) is 0 Å². The molecule has 3 fully saturated rings. The third-order valence-corrected chi connectivity index (χ3v) is 3.84. The lowest BCUT2D eigenvalue weighted by Gasteiger charge is -2.29. The maximum atomic E-state index is 9.52. The lowest BCUT2D eigenvalue weighted by atomic mass is 10.00. The maximum absolute atomic E-state index is 9.52. The number of hydrogen-bond acceptors (Lipinski definition) is 3. The van der Waals surface area contributed by atoms with Crippen molar-refractivity contribution in [1.29, 1.82) is 0 Å². The molecule has 3 nitrogen and oxygen atoms in total. The monoisotopic (exact) mass is 196 g/mol. The molecule has 80 valence electrons. The molecule has 0 spiro atoms. The molecule has 2 N–H and O–H groups in total. The minimum Gasteiger partial charge on any atom is -0.394 e. The normalized spacial score (nSPS) is 39.2. The molecule has 3 heteroatoms. The quantitative estimate of drug-likeness (QED) is 0.680. The summed E-state index contributed by atoms with van der Waals surface area (Å²) in [5, 5.41) is 13.2. The van der Waals surface area contributed by atoms with Crippen molar-refractivity contribution in [3.05, 3.63) is 0 Å². The van der Waals surface area contributed by atoms with Gasteiger partial charge in [-0.15, -0.1) is 0 Å². The van der Waals surface area contributed by atoms with Gasteiger partial charge in [0, 0.05) is 25.2 Å². The minimum absolute atomic E-state index is 0.0454. The molecule has 1 unspecified atom stereocenters. The molecule has 14 heavy (non-hydrogen) atoms. The van der Waals surface area contributed by atoms with E-state index < -0.39 is 0 Å². The smallest absolute Gasteiger partial charge is 0.0626 e. The number of hydrogen-bond donors (Lipinski definition) is 2. The van der Waals surface area contributed by atoms with Crippen LogP contribution in [-0.2, 0) is 0 Å². The van der Waals surface area contributed by atoms with Gasteiger partial charge in [0.15, 0.2) is 0 Å². The standard InChI is InChI=1S/C11H20N2O/c14-8-11(12-9-1-2-9)5-6-13(7-11)10-3-4-10/h9-10,12,14H,1-8H2. The fourth-order valence-corrected chi connectivity index (χ4v) is 2.61. The topological polar surface area (TPSA) is 35.5 Å². The summed E-state index contributed by atoms with van der Waals surface area (Å²) < 4.78 is 0. The number of aliphatic hydroxyl groups is 1. The summed E-state index contributed by atoms with van der Waals surface area (Å²) in [5.74, 6) is 0. The van der Waals surface area contributed by atoms with Crippen LogP contribution in [0.15, 0.2) is 0 Å². The summed E-state index contributed by atoms with van der Waals surface area (Å²) >= 11 is 0. The summed E-state index contributed by atoms with van der Waals surface area (Å²) in [6, 6.07) is 1.56. The van der Waals surface area contributed by atoms with Crippen molar-refractivity contribution in [3.63, 3.8) is 0 Å².